The third-order valence-electron chi connectivity index (χ3n) is 2.42. The number of nitrogens with zero attached hydrogens (tertiary/aromatic N) is 2. The lowest BCUT2D eigenvalue weighted by Gasteiger charge is -2.13. The minimum atomic E-state index is -0.332. The van der Waals surface area contributed by atoms with Crippen molar-refractivity contribution in [3.63, 3.8) is 0 Å². The smallest absolute Gasteiger partial charge is 0.237 e. The molecule has 19 heavy (non-hydrogen) atoms. The van der Waals surface area contributed by atoms with E-state index >= 15 is 0 Å². The lowest BCUT2D eigenvalue weighted by Crippen LogP contribution is -2.24. The maximum absolute atomic E-state index is 12.8. The summed E-state index contributed by atoms with van der Waals surface area (Å²) in [5.41, 5.74) is 0.572. The number of aromatic amines is 1. The molecular weight excluding hydrogens is 267 g/mol. The Labute approximate surface area is 114 Å². The van der Waals surface area contributed by atoms with Crippen LogP contribution in [0, 0.1) is 5.82 Å². The van der Waals surface area contributed by atoms with Gasteiger partial charge in [0.2, 0.25) is 5.91 Å². The van der Waals surface area contributed by atoms with Crippen molar-refractivity contribution in [2.75, 3.05) is 5.32 Å². The Hall–Kier alpha value is -1.89. The van der Waals surface area contributed by atoms with Gasteiger partial charge in [0.05, 0.1) is 5.25 Å². The maximum Gasteiger partial charge on any atom is 0.237 e. The molecule has 0 saturated heterocycles. The van der Waals surface area contributed by atoms with Crippen LogP contribution in [0.3, 0.4) is 0 Å². The molecule has 0 aliphatic heterocycles. The second kappa shape index (κ2) is 6.33. The number of H-pyrrole nitrogens is 1. The van der Waals surface area contributed by atoms with E-state index < -0.39 is 0 Å². The van der Waals surface area contributed by atoms with Gasteiger partial charge in [0, 0.05) is 5.69 Å². The molecule has 0 aliphatic rings. The minimum absolute atomic E-state index is 0.143. The van der Waals surface area contributed by atoms with Gasteiger partial charge in [0.25, 0.3) is 0 Å². The average Bonchev–Trinajstić information content (AvgIpc) is 2.91. The number of thioether (sulfide) groups is 1. The fraction of sp³-hybridized carbons (Fsp3) is 0.250. The quantitative estimate of drug-likeness (QED) is 0.825. The van der Waals surface area contributed by atoms with Gasteiger partial charge in [-0.3, -0.25) is 9.89 Å². The van der Waals surface area contributed by atoms with Crippen molar-refractivity contribution in [2.24, 2.45) is 0 Å². The summed E-state index contributed by atoms with van der Waals surface area (Å²) in [5, 5.41) is 9.50. The minimum Gasteiger partial charge on any atom is -0.325 e. The Morgan fingerprint density at radius 3 is 2.79 bits per heavy atom. The van der Waals surface area contributed by atoms with E-state index in [2.05, 4.69) is 20.5 Å². The predicted molar refractivity (Wildman–Crippen MR) is 71.3 cm³/mol. The number of rotatable bonds is 5. The lowest BCUT2D eigenvalue weighted by atomic mass is 10.2. The summed E-state index contributed by atoms with van der Waals surface area (Å²) in [5.74, 6) is -0.475. The highest BCUT2D eigenvalue weighted by Gasteiger charge is 2.19. The van der Waals surface area contributed by atoms with Crippen molar-refractivity contribution in [2.45, 2.75) is 23.8 Å². The molecule has 0 saturated carbocycles. The van der Waals surface area contributed by atoms with Crippen LogP contribution in [-0.2, 0) is 4.79 Å². The molecule has 100 valence electrons. The molecule has 7 heteroatoms. The Morgan fingerprint density at radius 1 is 1.47 bits per heavy atom. The monoisotopic (exact) mass is 280 g/mol. The summed E-state index contributed by atoms with van der Waals surface area (Å²) >= 11 is 1.31. The molecule has 2 rings (SSSR count). The molecule has 5 nitrogen and oxygen atoms in total. The Bertz CT molecular complexity index is 529. The molecule has 0 fully saturated rings. The van der Waals surface area contributed by atoms with Crippen LogP contribution < -0.4 is 5.32 Å². The molecule has 1 amide bonds. The molecule has 0 spiro atoms. The van der Waals surface area contributed by atoms with E-state index in [1.165, 1.54) is 42.4 Å². The van der Waals surface area contributed by atoms with Crippen LogP contribution in [0.25, 0.3) is 0 Å². The van der Waals surface area contributed by atoms with E-state index in [4.69, 9.17) is 0 Å². The number of anilines is 1. The number of halogens is 1. The van der Waals surface area contributed by atoms with Crippen LogP contribution >= 0.6 is 11.8 Å². The molecule has 1 heterocycles. The maximum atomic E-state index is 12.8. The predicted octanol–water partition coefficient (Wildman–Crippen LogP) is 2.45. The van der Waals surface area contributed by atoms with Gasteiger partial charge in [-0.15, -0.1) is 0 Å². The number of hydrogen-bond acceptors (Lipinski definition) is 4. The standard InChI is InChI=1S/C12H13FN4OS/c1-2-10(19-12-14-7-15-17-12)11(18)16-9-5-3-8(13)4-6-9/h3-7,10H,2H2,1H3,(H,16,18)(H,14,15,17). The molecule has 0 aliphatic carbocycles. The largest absolute Gasteiger partial charge is 0.325 e. The molecule has 1 aromatic heterocycles. The third kappa shape index (κ3) is 3.78. The van der Waals surface area contributed by atoms with Crippen molar-refractivity contribution in [1.82, 2.24) is 15.2 Å². The van der Waals surface area contributed by atoms with E-state index in [1.54, 1.807) is 0 Å². The number of hydrogen-bond donors (Lipinski definition) is 2. The molecule has 1 atom stereocenters. The fourth-order valence-electron chi connectivity index (χ4n) is 1.46. The summed E-state index contributed by atoms with van der Waals surface area (Å²) in [7, 11) is 0. The number of aromatic nitrogens is 3. The first-order valence-corrected chi connectivity index (χ1v) is 6.65. The number of carbonyl (C=O) groups is 1. The van der Waals surface area contributed by atoms with E-state index in [0.717, 1.165) is 0 Å². The second-order valence-electron chi connectivity index (χ2n) is 3.80. The van der Waals surface area contributed by atoms with E-state index in [0.29, 0.717) is 17.3 Å². The van der Waals surface area contributed by atoms with Gasteiger partial charge in [0.1, 0.15) is 12.1 Å². The zero-order chi connectivity index (χ0) is 13.7. The van der Waals surface area contributed by atoms with Crippen molar-refractivity contribution in [3.8, 4) is 0 Å². The zero-order valence-corrected chi connectivity index (χ0v) is 11.1. The molecule has 0 radical (unpaired) electrons. The van der Waals surface area contributed by atoms with Gasteiger partial charge in [-0.25, -0.2) is 9.37 Å². The van der Waals surface area contributed by atoms with Crippen LogP contribution in [-0.4, -0.2) is 26.3 Å². The van der Waals surface area contributed by atoms with Gasteiger partial charge >= 0.3 is 0 Å². The highest BCUT2D eigenvalue weighted by Crippen LogP contribution is 2.22. The molecule has 0 bridgehead atoms. The summed E-state index contributed by atoms with van der Waals surface area (Å²) in [6, 6.07) is 5.67. The summed E-state index contributed by atoms with van der Waals surface area (Å²) in [6.07, 6.45) is 2.05. The summed E-state index contributed by atoms with van der Waals surface area (Å²) < 4.78 is 12.8. The first kappa shape index (κ1) is 13.5. The molecule has 1 aromatic carbocycles. The normalized spacial score (nSPS) is 12.1. The first-order valence-electron chi connectivity index (χ1n) is 5.77. The van der Waals surface area contributed by atoms with Gasteiger partial charge < -0.3 is 5.32 Å². The first-order chi connectivity index (χ1) is 9.19. The highest BCUT2D eigenvalue weighted by atomic mass is 32.2. The Kier molecular flexibility index (Phi) is 4.51. The van der Waals surface area contributed by atoms with Crippen molar-refractivity contribution < 1.29 is 9.18 Å². The summed E-state index contributed by atoms with van der Waals surface area (Å²) in [4.78, 5) is 16.0. The van der Waals surface area contributed by atoms with E-state index in [9.17, 15) is 9.18 Å². The van der Waals surface area contributed by atoms with Crippen molar-refractivity contribution in [1.29, 1.82) is 0 Å². The summed E-state index contributed by atoms with van der Waals surface area (Å²) in [6.45, 7) is 1.91. The molecule has 1 unspecified atom stereocenters. The van der Waals surface area contributed by atoms with Gasteiger partial charge in [-0.1, -0.05) is 18.7 Å². The zero-order valence-electron chi connectivity index (χ0n) is 10.3. The Balaban J connectivity index is 1.98. The van der Waals surface area contributed by atoms with Gasteiger partial charge in [-0.05, 0) is 30.7 Å². The molecule has 2 N–H and O–H groups in total. The van der Waals surface area contributed by atoms with E-state index in [-0.39, 0.29) is 17.0 Å². The lowest BCUT2D eigenvalue weighted by molar-refractivity contribution is -0.115. The SMILES string of the molecule is CCC(Sc1ncn[nH]1)C(=O)Nc1ccc(F)cc1. The number of benzene rings is 1. The van der Waals surface area contributed by atoms with E-state index in [1.807, 2.05) is 6.92 Å². The Morgan fingerprint density at radius 2 is 2.21 bits per heavy atom. The number of amides is 1. The van der Waals surface area contributed by atoms with Gasteiger partial charge in [0.15, 0.2) is 5.16 Å². The van der Waals surface area contributed by atoms with Crippen LogP contribution in [0.1, 0.15) is 13.3 Å². The number of nitrogens with one attached hydrogen (secondary N) is 2. The number of carbonyl (C=O) groups excluding carboxylic acids is 1. The van der Waals surface area contributed by atoms with Crippen LogP contribution in [0.5, 0.6) is 0 Å². The van der Waals surface area contributed by atoms with Crippen molar-refractivity contribution in [3.05, 3.63) is 36.4 Å². The van der Waals surface area contributed by atoms with Crippen molar-refractivity contribution >= 4 is 23.4 Å². The van der Waals surface area contributed by atoms with Crippen LogP contribution in [0.15, 0.2) is 35.7 Å². The fourth-order valence-corrected chi connectivity index (χ4v) is 2.28. The molecule has 2 aromatic rings. The second-order valence-corrected chi connectivity index (χ2v) is 4.99. The average molecular weight is 280 g/mol. The molecular formula is C12H13FN4OS. The van der Waals surface area contributed by atoms with Crippen LogP contribution in [0.4, 0.5) is 10.1 Å². The van der Waals surface area contributed by atoms with Crippen LogP contribution in [0.2, 0.25) is 0 Å². The van der Waals surface area contributed by atoms with Gasteiger partial charge in [-0.2, -0.15) is 5.10 Å². The highest BCUT2D eigenvalue weighted by molar-refractivity contribution is 8.00. The topological polar surface area (TPSA) is 70.7 Å². The third-order valence-corrected chi connectivity index (χ3v) is 3.67.